The maximum Gasteiger partial charge on any atom is 0.319 e. The number of hydrogen-bond acceptors (Lipinski definition) is 3. The van der Waals surface area contributed by atoms with E-state index >= 15 is 0 Å². The summed E-state index contributed by atoms with van der Waals surface area (Å²) in [7, 11) is 0. The van der Waals surface area contributed by atoms with E-state index in [9.17, 15) is 9.59 Å². The lowest BCUT2D eigenvalue weighted by Crippen LogP contribution is -2.51. The van der Waals surface area contributed by atoms with E-state index in [1.165, 1.54) is 0 Å². The van der Waals surface area contributed by atoms with Gasteiger partial charge >= 0.3 is 6.03 Å². The minimum Gasteiger partial charge on any atom is -0.395 e. The average molecular weight is 372 g/mol. The third-order valence-corrected chi connectivity index (χ3v) is 3.82. The topological polar surface area (TPSA) is 90.5 Å². The van der Waals surface area contributed by atoms with Crippen LogP contribution in [-0.2, 0) is 4.79 Å². The second-order valence-electron chi connectivity index (χ2n) is 4.98. The van der Waals surface area contributed by atoms with Crippen LogP contribution in [0.3, 0.4) is 0 Å². The Hall–Kier alpha value is -1.60. The van der Waals surface area contributed by atoms with Crippen molar-refractivity contribution in [2.45, 2.75) is 26.3 Å². The second-order valence-corrected chi connectivity index (χ2v) is 5.90. The van der Waals surface area contributed by atoms with Gasteiger partial charge < -0.3 is 21.1 Å². The number of carbonyl (C=O) groups is 2. The Morgan fingerprint density at radius 3 is 2.45 bits per heavy atom. The highest BCUT2D eigenvalue weighted by Gasteiger charge is 2.25. The number of urea groups is 1. The van der Waals surface area contributed by atoms with Crippen molar-refractivity contribution in [2.24, 2.45) is 5.92 Å². The highest BCUT2D eigenvalue weighted by Crippen LogP contribution is 2.14. The molecule has 0 fully saturated rings. The summed E-state index contributed by atoms with van der Waals surface area (Å²) < 4.78 is 0.916. The Labute approximate surface area is 138 Å². The van der Waals surface area contributed by atoms with Crippen LogP contribution in [0.5, 0.6) is 0 Å². The first-order valence-electron chi connectivity index (χ1n) is 7.19. The number of amides is 3. The number of rotatable bonds is 7. The summed E-state index contributed by atoms with van der Waals surface area (Å²) in [6.07, 6.45) is 0.746. The van der Waals surface area contributed by atoms with E-state index in [2.05, 4.69) is 31.9 Å². The Kier molecular flexibility index (Phi) is 7.90. The number of nitrogens with one attached hydrogen (secondary N) is 3. The summed E-state index contributed by atoms with van der Waals surface area (Å²) in [5.74, 6) is -0.316. The summed E-state index contributed by atoms with van der Waals surface area (Å²) in [5, 5.41) is 16.7. The van der Waals surface area contributed by atoms with E-state index in [1.54, 1.807) is 12.1 Å². The molecule has 1 aromatic rings. The van der Waals surface area contributed by atoms with E-state index in [1.807, 2.05) is 26.0 Å². The summed E-state index contributed by atoms with van der Waals surface area (Å²) in [6, 6.07) is 6.06. The molecule has 1 aromatic carbocycles. The van der Waals surface area contributed by atoms with Gasteiger partial charge in [0.15, 0.2) is 0 Å². The third-order valence-electron chi connectivity index (χ3n) is 3.30. The van der Waals surface area contributed by atoms with Crippen molar-refractivity contribution in [3.8, 4) is 0 Å². The van der Waals surface area contributed by atoms with Gasteiger partial charge in [0.25, 0.3) is 0 Å². The molecule has 0 saturated carbocycles. The van der Waals surface area contributed by atoms with Gasteiger partial charge in [0.1, 0.15) is 6.04 Å². The zero-order valence-corrected chi connectivity index (χ0v) is 14.3. The maximum atomic E-state index is 12.1. The predicted molar refractivity (Wildman–Crippen MR) is 89.6 cm³/mol. The summed E-state index contributed by atoms with van der Waals surface area (Å²) in [6.45, 7) is 3.88. The summed E-state index contributed by atoms with van der Waals surface area (Å²) >= 11 is 3.32. The fraction of sp³-hybridized carbons (Fsp3) is 0.467. The van der Waals surface area contributed by atoms with Gasteiger partial charge in [-0.25, -0.2) is 4.79 Å². The SMILES string of the molecule is CCC(C)C(NC(=O)Nc1ccc(Br)cc1)C(=O)NCCO. The zero-order chi connectivity index (χ0) is 16.5. The monoisotopic (exact) mass is 371 g/mol. The van der Waals surface area contributed by atoms with Gasteiger partial charge in [-0.05, 0) is 30.2 Å². The first-order chi connectivity index (χ1) is 10.5. The molecule has 0 aliphatic rings. The Bertz CT molecular complexity index is 493. The number of aliphatic hydroxyl groups is 1. The zero-order valence-electron chi connectivity index (χ0n) is 12.7. The molecule has 0 aromatic heterocycles. The molecule has 0 radical (unpaired) electrons. The number of halogens is 1. The molecular weight excluding hydrogens is 350 g/mol. The van der Waals surface area contributed by atoms with Crippen LogP contribution in [0.15, 0.2) is 28.7 Å². The minimum atomic E-state index is -0.646. The van der Waals surface area contributed by atoms with Gasteiger partial charge in [0.05, 0.1) is 6.61 Å². The van der Waals surface area contributed by atoms with Gasteiger partial charge in [0.2, 0.25) is 5.91 Å². The number of aliphatic hydroxyl groups excluding tert-OH is 1. The molecule has 4 N–H and O–H groups in total. The molecule has 1 rings (SSSR count). The highest BCUT2D eigenvalue weighted by molar-refractivity contribution is 9.10. The minimum absolute atomic E-state index is 0.0191. The molecule has 0 bridgehead atoms. The summed E-state index contributed by atoms with van der Waals surface area (Å²) in [5.41, 5.74) is 0.638. The van der Waals surface area contributed by atoms with Crippen molar-refractivity contribution >= 4 is 33.6 Å². The first-order valence-corrected chi connectivity index (χ1v) is 7.98. The van der Waals surface area contributed by atoms with E-state index in [0.29, 0.717) is 5.69 Å². The van der Waals surface area contributed by atoms with Crippen LogP contribution < -0.4 is 16.0 Å². The molecule has 0 saturated heterocycles. The first kappa shape index (κ1) is 18.4. The molecule has 6 nitrogen and oxygen atoms in total. The molecule has 0 heterocycles. The third kappa shape index (κ3) is 6.03. The number of carbonyl (C=O) groups excluding carboxylic acids is 2. The van der Waals surface area contributed by atoms with Crippen LogP contribution in [0.4, 0.5) is 10.5 Å². The van der Waals surface area contributed by atoms with Crippen molar-refractivity contribution in [1.82, 2.24) is 10.6 Å². The van der Waals surface area contributed by atoms with Crippen LogP contribution in [0.2, 0.25) is 0 Å². The fourth-order valence-corrected chi connectivity index (χ4v) is 2.10. The molecule has 0 aliphatic carbocycles. The number of benzene rings is 1. The average Bonchev–Trinajstić information content (AvgIpc) is 2.51. The van der Waals surface area contributed by atoms with Crippen molar-refractivity contribution in [3.63, 3.8) is 0 Å². The molecule has 22 heavy (non-hydrogen) atoms. The molecule has 2 unspecified atom stereocenters. The molecule has 0 spiro atoms. The lowest BCUT2D eigenvalue weighted by molar-refractivity contribution is -0.124. The van der Waals surface area contributed by atoms with Gasteiger partial charge in [-0.2, -0.15) is 0 Å². The molecule has 0 aliphatic heterocycles. The Morgan fingerprint density at radius 2 is 1.91 bits per heavy atom. The Morgan fingerprint density at radius 1 is 1.27 bits per heavy atom. The Balaban J connectivity index is 2.65. The van der Waals surface area contributed by atoms with Crippen LogP contribution in [0, 0.1) is 5.92 Å². The second kappa shape index (κ2) is 9.42. The molecule has 7 heteroatoms. The van der Waals surface area contributed by atoms with E-state index in [0.717, 1.165) is 10.9 Å². The van der Waals surface area contributed by atoms with Crippen molar-refractivity contribution in [2.75, 3.05) is 18.5 Å². The number of anilines is 1. The molecule has 3 amide bonds. The van der Waals surface area contributed by atoms with Crippen molar-refractivity contribution in [1.29, 1.82) is 0 Å². The maximum absolute atomic E-state index is 12.1. The van der Waals surface area contributed by atoms with Gasteiger partial charge in [0, 0.05) is 16.7 Å². The van der Waals surface area contributed by atoms with Crippen LogP contribution in [0.25, 0.3) is 0 Å². The van der Waals surface area contributed by atoms with Gasteiger partial charge in [-0.15, -0.1) is 0 Å². The van der Waals surface area contributed by atoms with Crippen molar-refractivity contribution in [3.05, 3.63) is 28.7 Å². The van der Waals surface area contributed by atoms with Crippen LogP contribution >= 0.6 is 15.9 Å². The highest BCUT2D eigenvalue weighted by atomic mass is 79.9. The largest absolute Gasteiger partial charge is 0.395 e. The molecule has 2 atom stereocenters. The van der Waals surface area contributed by atoms with Gasteiger partial charge in [-0.1, -0.05) is 36.2 Å². The number of hydrogen-bond donors (Lipinski definition) is 4. The van der Waals surface area contributed by atoms with Crippen molar-refractivity contribution < 1.29 is 14.7 Å². The fourth-order valence-electron chi connectivity index (χ4n) is 1.83. The summed E-state index contributed by atoms with van der Waals surface area (Å²) in [4.78, 5) is 24.1. The van der Waals surface area contributed by atoms with E-state index in [4.69, 9.17) is 5.11 Å². The van der Waals surface area contributed by atoms with Gasteiger partial charge in [-0.3, -0.25) is 4.79 Å². The lowest BCUT2D eigenvalue weighted by atomic mass is 9.98. The quantitative estimate of drug-likeness (QED) is 0.591. The normalized spacial score (nSPS) is 13.1. The van der Waals surface area contributed by atoms with Crippen LogP contribution in [0.1, 0.15) is 20.3 Å². The lowest BCUT2D eigenvalue weighted by Gasteiger charge is -2.23. The molecular formula is C15H22BrN3O3. The standard InChI is InChI=1S/C15H22BrN3O3/c1-3-10(2)13(14(21)17-8-9-20)19-15(22)18-12-6-4-11(16)5-7-12/h4-7,10,13,20H,3,8-9H2,1-2H3,(H,17,21)(H2,18,19,22). The van der Waals surface area contributed by atoms with Crippen LogP contribution in [-0.4, -0.2) is 36.2 Å². The van der Waals surface area contributed by atoms with E-state index in [-0.39, 0.29) is 25.0 Å². The van der Waals surface area contributed by atoms with E-state index < -0.39 is 12.1 Å². The smallest absolute Gasteiger partial charge is 0.319 e. The predicted octanol–water partition coefficient (Wildman–Crippen LogP) is 2.09. The molecule has 122 valence electrons.